The molecule has 1 aromatic carbocycles. The molecule has 0 spiro atoms. The van der Waals surface area contributed by atoms with Crippen LogP contribution in [0.2, 0.25) is 0 Å². The Morgan fingerprint density at radius 3 is 2.52 bits per heavy atom. The third-order valence-electron chi connectivity index (χ3n) is 5.01. The minimum Gasteiger partial charge on any atom is -0.481 e. The number of fused-ring (bicyclic) bond motifs is 1. The normalized spacial score (nSPS) is 11.9. The summed E-state index contributed by atoms with van der Waals surface area (Å²) in [5.74, 6) is -0.286. The zero-order valence-corrected chi connectivity index (χ0v) is 16.5. The zero-order chi connectivity index (χ0) is 20.1. The predicted octanol–water partition coefficient (Wildman–Crippen LogP) is 3.77. The van der Waals surface area contributed by atoms with Crippen LogP contribution in [0.5, 0.6) is 0 Å². The molecule has 0 aliphatic rings. The molecule has 6 nitrogen and oxygen atoms in total. The number of benzene rings is 1. The fraction of sp³-hybridized carbons (Fsp3) is 0.381. The van der Waals surface area contributed by atoms with E-state index in [-0.39, 0.29) is 12.0 Å². The van der Waals surface area contributed by atoms with Crippen LogP contribution in [0.1, 0.15) is 36.4 Å². The van der Waals surface area contributed by atoms with Crippen molar-refractivity contribution in [2.45, 2.75) is 41.0 Å². The molecule has 0 saturated heterocycles. The van der Waals surface area contributed by atoms with E-state index in [9.17, 15) is 14.7 Å². The maximum atomic E-state index is 13.1. The lowest BCUT2D eigenvalue weighted by Crippen LogP contribution is -2.30. The minimum absolute atomic E-state index is 0.199. The number of nitrogens with zero attached hydrogens (tertiary/aromatic N) is 2. The summed E-state index contributed by atoms with van der Waals surface area (Å²) < 4.78 is 7.19. The Balaban J connectivity index is 2.40. The van der Waals surface area contributed by atoms with Crippen molar-refractivity contribution in [1.82, 2.24) is 9.78 Å². The van der Waals surface area contributed by atoms with Crippen LogP contribution in [0.4, 0.5) is 0 Å². The molecular weight excluding hydrogens is 344 g/mol. The lowest BCUT2D eigenvalue weighted by molar-refractivity contribution is -0.146. The molecule has 2 heterocycles. The van der Waals surface area contributed by atoms with Crippen molar-refractivity contribution < 1.29 is 14.3 Å². The van der Waals surface area contributed by atoms with Gasteiger partial charge in [-0.15, -0.1) is 0 Å². The van der Waals surface area contributed by atoms with Crippen molar-refractivity contribution in [2.75, 3.05) is 0 Å². The molecule has 0 unspecified atom stereocenters. The van der Waals surface area contributed by atoms with Gasteiger partial charge < -0.3 is 9.52 Å². The first-order valence-corrected chi connectivity index (χ1v) is 8.83. The molecule has 3 rings (SSSR count). The molecule has 0 radical (unpaired) electrons. The summed E-state index contributed by atoms with van der Waals surface area (Å²) in [6, 6.07) is 5.84. The Hall–Kier alpha value is -2.89. The number of carboxylic acids is 1. The summed E-state index contributed by atoms with van der Waals surface area (Å²) in [5, 5.41) is 14.7. The van der Waals surface area contributed by atoms with Crippen LogP contribution in [-0.4, -0.2) is 20.9 Å². The summed E-state index contributed by atoms with van der Waals surface area (Å²) >= 11 is 0. The zero-order valence-electron chi connectivity index (χ0n) is 16.5. The van der Waals surface area contributed by atoms with Gasteiger partial charge in [0.2, 0.25) is 0 Å². The Bertz CT molecular complexity index is 1120. The van der Waals surface area contributed by atoms with Crippen LogP contribution in [-0.2, 0) is 18.3 Å². The van der Waals surface area contributed by atoms with Crippen molar-refractivity contribution in [3.63, 3.8) is 0 Å². The molecule has 0 aliphatic carbocycles. The Kier molecular flexibility index (Phi) is 4.46. The van der Waals surface area contributed by atoms with Gasteiger partial charge in [-0.1, -0.05) is 11.6 Å². The van der Waals surface area contributed by atoms with Crippen molar-refractivity contribution in [3.05, 3.63) is 51.1 Å². The maximum absolute atomic E-state index is 13.1. The molecule has 6 heteroatoms. The summed E-state index contributed by atoms with van der Waals surface area (Å²) in [6.07, 6.45) is 0.199. The molecule has 0 bridgehead atoms. The Morgan fingerprint density at radius 1 is 1.22 bits per heavy atom. The van der Waals surface area contributed by atoms with Crippen LogP contribution in [0.25, 0.3) is 22.1 Å². The second kappa shape index (κ2) is 6.37. The summed E-state index contributed by atoms with van der Waals surface area (Å²) in [5.41, 5.74) is 2.95. The summed E-state index contributed by atoms with van der Waals surface area (Å²) in [6.45, 7) is 8.92. The lowest BCUT2D eigenvalue weighted by atomic mass is 9.82. The highest BCUT2D eigenvalue weighted by atomic mass is 16.4. The number of aliphatic carboxylic acids is 1. The van der Waals surface area contributed by atoms with Gasteiger partial charge in [0.25, 0.3) is 5.56 Å². The Morgan fingerprint density at radius 2 is 1.89 bits per heavy atom. The molecule has 0 atom stereocenters. The number of carbonyl (C=O) groups is 1. The molecule has 27 heavy (non-hydrogen) atoms. The number of aryl methyl sites for hydroxylation is 4. The molecule has 0 fully saturated rings. The van der Waals surface area contributed by atoms with Gasteiger partial charge >= 0.3 is 5.97 Å². The first-order chi connectivity index (χ1) is 12.5. The van der Waals surface area contributed by atoms with Gasteiger partial charge in [0.15, 0.2) is 0 Å². The summed E-state index contributed by atoms with van der Waals surface area (Å²) in [7, 11) is 1.60. The minimum atomic E-state index is -1.03. The van der Waals surface area contributed by atoms with Crippen LogP contribution in [0.15, 0.2) is 27.4 Å². The Labute approximate surface area is 157 Å². The number of aromatic nitrogens is 2. The van der Waals surface area contributed by atoms with Crippen molar-refractivity contribution in [3.8, 4) is 11.1 Å². The first-order valence-electron chi connectivity index (χ1n) is 8.83. The van der Waals surface area contributed by atoms with Gasteiger partial charge in [0, 0.05) is 18.0 Å². The van der Waals surface area contributed by atoms with Gasteiger partial charge in [-0.3, -0.25) is 9.59 Å². The SMILES string of the molecule is Cc1ccc2oc(C)c(-c3c(CC(C)(C)C(=O)O)c(C)nn(C)c3=O)c2c1. The average molecular weight is 368 g/mol. The van der Waals surface area contributed by atoms with E-state index >= 15 is 0 Å². The van der Waals surface area contributed by atoms with E-state index in [0.29, 0.717) is 28.2 Å². The third-order valence-corrected chi connectivity index (χ3v) is 5.01. The highest BCUT2D eigenvalue weighted by molar-refractivity contribution is 5.97. The van der Waals surface area contributed by atoms with Crippen molar-refractivity contribution in [2.24, 2.45) is 12.5 Å². The van der Waals surface area contributed by atoms with Gasteiger partial charge in [0.05, 0.1) is 16.7 Å². The van der Waals surface area contributed by atoms with E-state index in [1.54, 1.807) is 27.8 Å². The second-order valence-corrected chi connectivity index (χ2v) is 7.77. The second-order valence-electron chi connectivity index (χ2n) is 7.77. The quantitative estimate of drug-likeness (QED) is 0.758. The molecule has 0 aliphatic heterocycles. The van der Waals surface area contributed by atoms with Gasteiger partial charge in [-0.2, -0.15) is 5.10 Å². The summed E-state index contributed by atoms with van der Waals surface area (Å²) in [4.78, 5) is 24.8. The van der Waals surface area contributed by atoms with E-state index in [0.717, 1.165) is 16.5 Å². The van der Waals surface area contributed by atoms with Crippen molar-refractivity contribution >= 4 is 16.9 Å². The van der Waals surface area contributed by atoms with Crippen molar-refractivity contribution in [1.29, 1.82) is 0 Å². The lowest BCUT2D eigenvalue weighted by Gasteiger charge is -2.22. The van der Waals surface area contributed by atoms with Gasteiger partial charge in [0.1, 0.15) is 11.3 Å². The molecule has 0 amide bonds. The maximum Gasteiger partial charge on any atom is 0.309 e. The molecule has 1 N–H and O–H groups in total. The third kappa shape index (κ3) is 3.16. The highest BCUT2D eigenvalue weighted by Crippen LogP contribution is 2.37. The predicted molar refractivity (Wildman–Crippen MR) is 104 cm³/mol. The molecule has 3 aromatic rings. The smallest absolute Gasteiger partial charge is 0.309 e. The first kappa shape index (κ1) is 18.9. The van der Waals surface area contributed by atoms with Crippen LogP contribution in [0, 0.1) is 26.2 Å². The van der Waals surface area contributed by atoms with Crippen LogP contribution >= 0.6 is 0 Å². The fourth-order valence-corrected chi connectivity index (χ4v) is 3.44. The molecular formula is C21H24N2O4. The number of carboxylic acid groups (broad SMARTS) is 1. The monoisotopic (exact) mass is 368 g/mol. The van der Waals surface area contributed by atoms with Crippen LogP contribution < -0.4 is 5.56 Å². The largest absolute Gasteiger partial charge is 0.481 e. The molecule has 0 saturated carbocycles. The fourth-order valence-electron chi connectivity index (χ4n) is 3.44. The van der Waals surface area contributed by atoms with E-state index in [1.165, 1.54) is 4.68 Å². The topological polar surface area (TPSA) is 85.3 Å². The number of furan rings is 1. The van der Waals surface area contributed by atoms with E-state index in [4.69, 9.17) is 4.42 Å². The number of hydrogen-bond donors (Lipinski definition) is 1. The van der Waals surface area contributed by atoms with Crippen LogP contribution in [0.3, 0.4) is 0 Å². The standard InChI is InChI=1S/C21H24N2O4/c1-11-7-8-16-14(9-11)17(13(3)27-16)18-15(10-21(4,5)20(25)26)12(2)22-23(6)19(18)24/h7-9H,10H2,1-6H3,(H,25,26). The molecule has 142 valence electrons. The number of rotatable bonds is 4. The van der Waals surface area contributed by atoms with E-state index < -0.39 is 11.4 Å². The number of hydrogen-bond acceptors (Lipinski definition) is 4. The van der Waals surface area contributed by atoms with Gasteiger partial charge in [-0.25, -0.2) is 4.68 Å². The van der Waals surface area contributed by atoms with E-state index in [1.807, 2.05) is 32.0 Å². The van der Waals surface area contributed by atoms with Gasteiger partial charge in [-0.05, 0) is 58.7 Å². The molecule has 2 aromatic heterocycles. The highest BCUT2D eigenvalue weighted by Gasteiger charge is 2.32. The average Bonchev–Trinajstić information content (AvgIpc) is 2.88. The van der Waals surface area contributed by atoms with E-state index in [2.05, 4.69) is 5.10 Å².